The van der Waals surface area contributed by atoms with Crippen LogP contribution in [0.3, 0.4) is 0 Å². The van der Waals surface area contributed by atoms with Gasteiger partial charge in [0.1, 0.15) is 11.5 Å². The van der Waals surface area contributed by atoms with Gasteiger partial charge in [-0.25, -0.2) is 12.8 Å². The summed E-state index contributed by atoms with van der Waals surface area (Å²) in [6.07, 6.45) is 0. The number of halogens is 2. The number of carbonyl (C=O) groups is 1. The highest BCUT2D eigenvalue weighted by Crippen LogP contribution is 2.26. The van der Waals surface area contributed by atoms with Crippen molar-refractivity contribution in [3.63, 3.8) is 0 Å². The van der Waals surface area contributed by atoms with Gasteiger partial charge in [0.2, 0.25) is 10.0 Å². The van der Waals surface area contributed by atoms with Gasteiger partial charge >= 0.3 is 0 Å². The Labute approximate surface area is 175 Å². The molecule has 0 saturated carbocycles. The van der Waals surface area contributed by atoms with Crippen molar-refractivity contribution >= 4 is 27.5 Å². The number of amides is 1. The summed E-state index contributed by atoms with van der Waals surface area (Å²) in [6, 6.07) is 10.2. The molecule has 1 amide bonds. The van der Waals surface area contributed by atoms with Crippen molar-refractivity contribution in [3.05, 3.63) is 58.9 Å². The van der Waals surface area contributed by atoms with Gasteiger partial charge in [-0.15, -0.1) is 0 Å². The van der Waals surface area contributed by atoms with Crippen LogP contribution in [0.25, 0.3) is 0 Å². The first-order chi connectivity index (χ1) is 13.7. The van der Waals surface area contributed by atoms with Gasteiger partial charge in [-0.1, -0.05) is 37.6 Å². The standard InChI is InChI=1S/C20H24ClFN2O4S/c1-4-24(5-2)29(26,27)19-14-15(10-11-16(19)21)20(25)23(3)12-13-28-18-9-7-6-8-17(18)22/h6-11,14H,4-5,12-13H2,1-3H3. The van der Waals surface area contributed by atoms with Crippen LogP contribution in [0.15, 0.2) is 47.4 Å². The molecule has 0 N–H and O–H groups in total. The number of benzene rings is 2. The lowest BCUT2D eigenvalue weighted by molar-refractivity contribution is 0.0772. The van der Waals surface area contributed by atoms with Crippen molar-refractivity contribution in [1.82, 2.24) is 9.21 Å². The first kappa shape index (κ1) is 23.1. The Morgan fingerprint density at radius 2 is 1.79 bits per heavy atom. The van der Waals surface area contributed by atoms with Gasteiger partial charge in [0.05, 0.1) is 11.6 Å². The molecule has 0 radical (unpaired) electrons. The van der Waals surface area contributed by atoms with E-state index in [1.165, 1.54) is 39.5 Å². The zero-order chi connectivity index (χ0) is 21.6. The van der Waals surface area contributed by atoms with Gasteiger partial charge in [-0.2, -0.15) is 4.31 Å². The molecule has 0 aromatic heterocycles. The van der Waals surface area contributed by atoms with E-state index in [1.807, 2.05) is 0 Å². The molecule has 2 aromatic carbocycles. The van der Waals surface area contributed by atoms with Crippen molar-refractivity contribution in [1.29, 1.82) is 0 Å². The number of nitrogens with zero attached hydrogens (tertiary/aromatic N) is 2. The van der Waals surface area contributed by atoms with Gasteiger partial charge in [-0.3, -0.25) is 4.79 Å². The topological polar surface area (TPSA) is 66.9 Å². The maximum Gasteiger partial charge on any atom is 0.253 e. The van der Waals surface area contributed by atoms with Crippen LogP contribution < -0.4 is 4.74 Å². The molecule has 0 spiro atoms. The minimum atomic E-state index is -3.81. The number of carbonyl (C=O) groups excluding carboxylic acids is 1. The van der Waals surface area contributed by atoms with E-state index >= 15 is 0 Å². The molecule has 0 aliphatic carbocycles. The van der Waals surface area contributed by atoms with Crippen molar-refractivity contribution in [3.8, 4) is 5.75 Å². The molecule has 0 bridgehead atoms. The molecule has 29 heavy (non-hydrogen) atoms. The molecule has 0 aliphatic heterocycles. The summed E-state index contributed by atoms with van der Waals surface area (Å²) in [5.74, 6) is -0.771. The van der Waals surface area contributed by atoms with Crippen molar-refractivity contribution in [2.24, 2.45) is 0 Å². The molecule has 0 saturated heterocycles. The SMILES string of the molecule is CCN(CC)S(=O)(=O)c1cc(C(=O)N(C)CCOc2ccccc2F)ccc1Cl. The van der Waals surface area contributed by atoms with Gasteiger partial charge < -0.3 is 9.64 Å². The predicted molar refractivity (Wildman–Crippen MR) is 110 cm³/mol. The van der Waals surface area contributed by atoms with Crippen molar-refractivity contribution in [2.75, 3.05) is 33.3 Å². The molecule has 0 unspecified atom stereocenters. The summed E-state index contributed by atoms with van der Waals surface area (Å²) in [7, 11) is -2.25. The normalized spacial score (nSPS) is 11.5. The number of likely N-dealkylation sites (N-methyl/N-ethyl adjacent to an activating group) is 1. The molecular formula is C20H24ClFN2O4S. The first-order valence-electron chi connectivity index (χ1n) is 9.14. The average Bonchev–Trinajstić information content (AvgIpc) is 2.69. The Kier molecular flexibility index (Phi) is 8.01. The average molecular weight is 443 g/mol. The molecule has 158 valence electrons. The molecule has 0 atom stereocenters. The van der Waals surface area contributed by atoms with Gasteiger partial charge in [-0.05, 0) is 30.3 Å². The summed E-state index contributed by atoms with van der Waals surface area (Å²) in [4.78, 5) is 14.0. The second-order valence-corrected chi connectivity index (χ2v) is 8.55. The van der Waals surface area contributed by atoms with E-state index in [0.717, 1.165) is 0 Å². The minimum Gasteiger partial charge on any atom is -0.489 e. The molecule has 0 aliphatic rings. The fourth-order valence-corrected chi connectivity index (χ4v) is 4.67. The third-order valence-corrected chi connectivity index (χ3v) is 6.90. The fourth-order valence-electron chi connectivity index (χ4n) is 2.71. The van der Waals surface area contributed by atoms with Crippen molar-refractivity contribution in [2.45, 2.75) is 18.7 Å². The highest BCUT2D eigenvalue weighted by molar-refractivity contribution is 7.89. The lowest BCUT2D eigenvalue weighted by Gasteiger charge is -2.21. The van der Waals surface area contributed by atoms with E-state index in [9.17, 15) is 17.6 Å². The van der Waals surface area contributed by atoms with E-state index in [1.54, 1.807) is 33.0 Å². The second-order valence-electron chi connectivity index (χ2n) is 6.24. The van der Waals surface area contributed by atoms with E-state index in [-0.39, 0.29) is 34.4 Å². The molecule has 6 nitrogen and oxygen atoms in total. The van der Waals surface area contributed by atoms with E-state index in [0.29, 0.717) is 13.1 Å². The molecule has 0 heterocycles. The molecule has 2 aromatic rings. The zero-order valence-corrected chi connectivity index (χ0v) is 18.1. The molecule has 9 heteroatoms. The van der Waals surface area contributed by atoms with E-state index < -0.39 is 21.7 Å². The number of hydrogen-bond acceptors (Lipinski definition) is 4. The Morgan fingerprint density at radius 1 is 1.14 bits per heavy atom. The number of ether oxygens (including phenoxy) is 1. The van der Waals surface area contributed by atoms with Gasteiger partial charge in [0.25, 0.3) is 5.91 Å². The second kappa shape index (κ2) is 10.0. The maximum atomic E-state index is 13.6. The van der Waals surface area contributed by atoms with Crippen LogP contribution in [0.5, 0.6) is 5.75 Å². The third-order valence-electron chi connectivity index (χ3n) is 4.37. The van der Waals surface area contributed by atoms with Crippen LogP contribution in [0, 0.1) is 5.82 Å². The lowest BCUT2D eigenvalue weighted by atomic mass is 10.2. The Balaban J connectivity index is 2.13. The van der Waals surface area contributed by atoms with Crippen LogP contribution in [0.4, 0.5) is 4.39 Å². The molecular weight excluding hydrogens is 419 g/mol. The van der Waals surface area contributed by atoms with Crippen LogP contribution in [0.2, 0.25) is 5.02 Å². The minimum absolute atomic E-state index is 0.0546. The Bertz CT molecular complexity index is 965. The number of rotatable bonds is 9. The summed E-state index contributed by atoms with van der Waals surface area (Å²) in [5.41, 5.74) is 0.188. The Morgan fingerprint density at radius 3 is 2.41 bits per heavy atom. The summed E-state index contributed by atoms with van der Waals surface area (Å²) in [5, 5.41) is 0.0546. The monoisotopic (exact) mass is 442 g/mol. The predicted octanol–water partition coefficient (Wildman–Crippen LogP) is 3.66. The van der Waals surface area contributed by atoms with E-state index in [2.05, 4.69) is 0 Å². The van der Waals surface area contributed by atoms with Crippen LogP contribution in [-0.2, 0) is 10.0 Å². The number of sulfonamides is 1. The van der Waals surface area contributed by atoms with Crippen molar-refractivity contribution < 1.29 is 22.3 Å². The smallest absolute Gasteiger partial charge is 0.253 e. The van der Waals surface area contributed by atoms with Crippen LogP contribution in [-0.4, -0.2) is 56.8 Å². The van der Waals surface area contributed by atoms with Gasteiger partial charge in [0, 0.05) is 25.7 Å². The first-order valence-corrected chi connectivity index (χ1v) is 11.0. The highest BCUT2D eigenvalue weighted by atomic mass is 35.5. The number of para-hydroxylation sites is 1. The van der Waals surface area contributed by atoms with Crippen LogP contribution >= 0.6 is 11.6 Å². The summed E-state index contributed by atoms with van der Waals surface area (Å²) in [6.45, 7) is 4.32. The lowest BCUT2D eigenvalue weighted by Crippen LogP contribution is -2.32. The molecule has 2 rings (SSSR count). The zero-order valence-electron chi connectivity index (χ0n) is 16.6. The summed E-state index contributed by atoms with van der Waals surface area (Å²) < 4.78 is 45.8. The largest absolute Gasteiger partial charge is 0.489 e. The molecule has 0 fully saturated rings. The van der Waals surface area contributed by atoms with Crippen LogP contribution in [0.1, 0.15) is 24.2 Å². The Hall–Kier alpha value is -2.16. The third kappa shape index (κ3) is 5.46. The quantitative estimate of drug-likeness (QED) is 0.594. The van der Waals surface area contributed by atoms with Gasteiger partial charge in [0.15, 0.2) is 11.6 Å². The summed E-state index contributed by atoms with van der Waals surface area (Å²) >= 11 is 6.10. The fraction of sp³-hybridized carbons (Fsp3) is 0.350. The maximum absolute atomic E-state index is 13.6. The number of hydrogen-bond donors (Lipinski definition) is 0. The highest BCUT2D eigenvalue weighted by Gasteiger charge is 2.26. The van der Waals surface area contributed by atoms with E-state index in [4.69, 9.17) is 16.3 Å².